The van der Waals surface area contributed by atoms with E-state index in [1.807, 2.05) is 0 Å². The maximum Gasteiger partial charge on any atom is 0.0481 e. The molecule has 1 atom stereocenters. The van der Waals surface area contributed by atoms with Crippen LogP contribution in [0, 0.1) is 0 Å². The van der Waals surface area contributed by atoms with Crippen molar-refractivity contribution in [2.75, 3.05) is 5.83 Å². The second-order valence-electron chi connectivity index (χ2n) is 0.628. The van der Waals surface area contributed by atoms with Gasteiger partial charge < -0.3 is 0 Å². The average molecular weight is 116 g/mol. The first kappa shape index (κ1) is 2.04. The van der Waals surface area contributed by atoms with Crippen LogP contribution in [0.2, 0.25) is 0 Å². The Kier molecular flexibility index (Phi) is 1.14. The van der Waals surface area contributed by atoms with Gasteiger partial charge in [-0.05, 0) is 6.92 Å². The van der Waals surface area contributed by atoms with Gasteiger partial charge >= 0.3 is 0 Å². The molecule has 32 valence electrons. The zero-order valence-electron chi connectivity index (χ0n) is 5.76. The summed E-state index contributed by atoms with van der Waals surface area (Å²) in [5.74, 6) is -2.16. The van der Waals surface area contributed by atoms with E-state index >= 15 is 0 Å². The molecule has 0 bridgehead atoms. The van der Waals surface area contributed by atoms with Crippen molar-refractivity contribution in [3.05, 3.63) is 0 Å². The summed E-state index contributed by atoms with van der Waals surface area (Å²) in [6.45, 7) is 1.20. The fraction of sp³-hybridized carbons (Fsp3) is 1.00. The highest BCUT2D eigenvalue weighted by molar-refractivity contribution is 6.27. The molecular weight excluding hydrogens is 107 g/mol. The zero-order chi connectivity index (χ0) is 7.00. The molecule has 0 radical (unpaired) electrons. The minimum atomic E-state index is -2.16. The van der Waals surface area contributed by atoms with Gasteiger partial charge in [0.15, 0.2) is 0 Å². The molecule has 0 saturated carbocycles. The van der Waals surface area contributed by atoms with Gasteiger partial charge in [-0.15, -0.1) is 23.2 Å². The third kappa shape index (κ3) is 4.58. The van der Waals surface area contributed by atoms with Crippen LogP contribution in [-0.4, -0.2) is 11.2 Å². The standard InChI is InChI=1S/C3H6Cl2/c1-3(5)2-4/h3H,2H2,1H3/i2D2,3D. The molecular formula is C3H6Cl2. The molecule has 0 spiro atoms. The van der Waals surface area contributed by atoms with Crippen molar-refractivity contribution in [2.24, 2.45) is 0 Å². The lowest BCUT2D eigenvalue weighted by Gasteiger charge is -1.85. The van der Waals surface area contributed by atoms with Crippen molar-refractivity contribution in [3.8, 4) is 0 Å². The van der Waals surface area contributed by atoms with Gasteiger partial charge in [-0.2, -0.15) is 0 Å². The van der Waals surface area contributed by atoms with E-state index in [-0.39, 0.29) is 0 Å². The molecule has 0 aliphatic rings. The summed E-state index contributed by atoms with van der Waals surface area (Å²) < 4.78 is 20.2. The molecule has 0 aromatic heterocycles. The highest BCUT2D eigenvalue weighted by Gasteiger charge is 1.85. The van der Waals surface area contributed by atoms with E-state index in [1.54, 1.807) is 0 Å². The van der Waals surface area contributed by atoms with Crippen LogP contribution in [0.25, 0.3) is 0 Å². The predicted molar refractivity (Wildman–Crippen MR) is 26.0 cm³/mol. The van der Waals surface area contributed by atoms with Crippen LogP contribution in [0.5, 0.6) is 0 Å². The smallest absolute Gasteiger partial charge is 0.0481 e. The number of halogens is 2. The quantitative estimate of drug-likeness (QED) is 0.458. The first-order valence-corrected chi connectivity index (χ1v) is 1.88. The number of alkyl halides is 2. The number of hydrogen-bond donors (Lipinski definition) is 0. The lowest BCUT2D eigenvalue weighted by Crippen LogP contribution is -1.87. The van der Waals surface area contributed by atoms with E-state index in [2.05, 4.69) is 0 Å². The number of rotatable bonds is 1. The average Bonchev–Trinajstić information content (AvgIpc) is 1.25. The van der Waals surface area contributed by atoms with Gasteiger partial charge in [0, 0.05) is 15.3 Å². The zero-order valence-corrected chi connectivity index (χ0v) is 4.27. The Labute approximate surface area is 46.3 Å². The normalized spacial score (nSPS) is 33.0. The van der Waals surface area contributed by atoms with Crippen molar-refractivity contribution in [3.63, 3.8) is 0 Å². The van der Waals surface area contributed by atoms with Crippen molar-refractivity contribution in [2.45, 2.75) is 12.3 Å². The molecule has 0 aromatic rings. The van der Waals surface area contributed by atoms with Crippen molar-refractivity contribution < 1.29 is 4.11 Å². The molecule has 0 saturated heterocycles. The van der Waals surface area contributed by atoms with Crippen molar-refractivity contribution in [1.82, 2.24) is 0 Å². The summed E-state index contributed by atoms with van der Waals surface area (Å²) in [4.78, 5) is 0. The molecule has 0 nitrogen and oxygen atoms in total. The van der Waals surface area contributed by atoms with Crippen LogP contribution in [0.1, 0.15) is 11.0 Å². The third-order valence-corrected chi connectivity index (χ3v) is 0.605. The van der Waals surface area contributed by atoms with Gasteiger partial charge in [0.05, 0.1) is 0 Å². The van der Waals surface area contributed by atoms with E-state index in [1.165, 1.54) is 6.92 Å². The van der Waals surface area contributed by atoms with E-state index in [0.29, 0.717) is 0 Å². The Morgan fingerprint density at radius 3 is 2.60 bits per heavy atom. The molecule has 0 N–H and O–H groups in total. The van der Waals surface area contributed by atoms with Crippen molar-refractivity contribution in [1.29, 1.82) is 0 Å². The summed E-state index contributed by atoms with van der Waals surface area (Å²) >= 11 is 10.2. The Morgan fingerprint density at radius 2 is 2.60 bits per heavy atom. The van der Waals surface area contributed by atoms with Crippen LogP contribution >= 0.6 is 23.2 Å². The van der Waals surface area contributed by atoms with Crippen LogP contribution in [-0.2, 0) is 0 Å². The highest BCUT2D eigenvalue weighted by atomic mass is 35.5. The molecule has 0 fully saturated rings. The van der Waals surface area contributed by atoms with Crippen LogP contribution in [0.4, 0.5) is 0 Å². The Bertz CT molecular complexity index is 67.5. The molecule has 2 heteroatoms. The molecule has 0 amide bonds. The maximum absolute atomic E-state index is 6.84. The first-order chi connectivity index (χ1) is 3.25. The lowest BCUT2D eigenvalue weighted by molar-refractivity contribution is 1.11. The Morgan fingerprint density at radius 1 is 2.40 bits per heavy atom. The first-order valence-electron chi connectivity index (χ1n) is 2.63. The monoisotopic (exact) mass is 115 g/mol. The van der Waals surface area contributed by atoms with Gasteiger partial charge in [-0.1, -0.05) is 0 Å². The number of hydrogen-bond acceptors (Lipinski definition) is 0. The molecule has 0 rings (SSSR count). The minimum absolute atomic E-state index is 1.20. The fourth-order valence-electron chi connectivity index (χ4n) is 0. The van der Waals surface area contributed by atoms with Crippen LogP contribution < -0.4 is 0 Å². The summed E-state index contributed by atoms with van der Waals surface area (Å²) in [5, 5.41) is -1.74. The maximum atomic E-state index is 6.84. The van der Waals surface area contributed by atoms with Crippen LogP contribution in [0.3, 0.4) is 0 Å². The van der Waals surface area contributed by atoms with Crippen molar-refractivity contribution >= 4 is 23.2 Å². The van der Waals surface area contributed by atoms with E-state index < -0.39 is 11.2 Å². The molecule has 1 unspecified atom stereocenters. The lowest BCUT2D eigenvalue weighted by atomic mass is 10.6. The molecule has 0 aliphatic heterocycles. The molecule has 0 heterocycles. The Hall–Kier alpha value is 0.580. The molecule has 0 aliphatic carbocycles. The largest absolute Gasteiger partial charge is 0.125 e. The topological polar surface area (TPSA) is 0 Å². The summed E-state index contributed by atoms with van der Waals surface area (Å²) in [7, 11) is 0. The second-order valence-corrected chi connectivity index (χ2v) is 1.38. The Balaban J connectivity index is 4.02. The minimum Gasteiger partial charge on any atom is -0.125 e. The summed E-state index contributed by atoms with van der Waals surface area (Å²) in [5.41, 5.74) is 0. The van der Waals surface area contributed by atoms with E-state index in [9.17, 15) is 0 Å². The van der Waals surface area contributed by atoms with Gasteiger partial charge in [0.25, 0.3) is 0 Å². The summed E-state index contributed by atoms with van der Waals surface area (Å²) in [6, 6.07) is 0. The SMILES string of the molecule is [2H]C([2H])(Cl)C([2H])(C)Cl. The predicted octanol–water partition coefficient (Wildman–Crippen LogP) is 1.85. The molecule has 0 aromatic carbocycles. The second kappa shape index (κ2) is 2.80. The van der Waals surface area contributed by atoms with Gasteiger partial charge in [0.1, 0.15) is 0 Å². The fourth-order valence-corrected chi connectivity index (χ4v) is 0. The van der Waals surface area contributed by atoms with Crippen LogP contribution in [0.15, 0.2) is 0 Å². The summed E-state index contributed by atoms with van der Waals surface area (Å²) in [6.07, 6.45) is 0. The van der Waals surface area contributed by atoms with E-state index in [4.69, 9.17) is 27.3 Å². The van der Waals surface area contributed by atoms with E-state index in [0.717, 1.165) is 0 Å². The third-order valence-electron chi connectivity index (χ3n) is 0.130. The molecule has 5 heavy (non-hydrogen) atoms. The van der Waals surface area contributed by atoms with Gasteiger partial charge in [-0.3, -0.25) is 0 Å². The van der Waals surface area contributed by atoms with Gasteiger partial charge in [-0.25, -0.2) is 0 Å². The highest BCUT2D eigenvalue weighted by Crippen LogP contribution is 1.93. The van der Waals surface area contributed by atoms with Gasteiger partial charge in [0.2, 0.25) is 0 Å².